The monoisotopic (exact) mass is 202 g/mol. The smallest absolute Gasteiger partial charge is 0.231 e. The summed E-state index contributed by atoms with van der Waals surface area (Å²) in [6.07, 6.45) is -2.64. The fourth-order valence-corrected chi connectivity index (χ4v) is 1.18. The molecule has 0 aliphatic carbocycles. The molecule has 14 heavy (non-hydrogen) atoms. The van der Waals surface area contributed by atoms with Crippen molar-refractivity contribution >= 4 is 0 Å². The number of likely N-dealkylation sites (N-methyl/N-ethyl adjacent to an activating group) is 1. The van der Waals surface area contributed by atoms with Crippen LogP contribution in [0.25, 0.3) is 0 Å². The molecule has 1 aromatic rings. The van der Waals surface area contributed by atoms with Crippen LogP contribution in [0.4, 0.5) is 0 Å². The van der Waals surface area contributed by atoms with E-state index >= 15 is 0 Å². The highest BCUT2D eigenvalue weighted by Crippen LogP contribution is 2.32. The molecule has 2 rings (SSSR count). The lowest BCUT2D eigenvalue weighted by molar-refractivity contribution is 0.174. The van der Waals surface area contributed by atoms with Crippen molar-refractivity contribution in [2.75, 3.05) is 13.8 Å². The Hall–Kier alpha value is -1.22. The average molecular weight is 202 g/mol. The predicted molar refractivity (Wildman–Crippen MR) is 54.8 cm³/mol. The van der Waals surface area contributed by atoms with Crippen molar-refractivity contribution in [3.8, 4) is 11.5 Å². The molecule has 0 saturated heterocycles. The van der Waals surface area contributed by atoms with Crippen molar-refractivity contribution in [1.29, 1.82) is 0 Å². The van der Waals surface area contributed by atoms with Crippen molar-refractivity contribution < 1.29 is 21.9 Å². The van der Waals surface area contributed by atoms with E-state index in [0.717, 1.165) is 0 Å². The number of benzene rings is 1. The van der Waals surface area contributed by atoms with Crippen LogP contribution in [0.3, 0.4) is 0 Å². The van der Waals surface area contributed by atoms with Gasteiger partial charge in [0.15, 0.2) is 11.5 Å². The number of rotatable bonds is 3. The molecule has 3 heteroatoms. The van der Waals surface area contributed by atoms with Crippen molar-refractivity contribution in [2.45, 2.75) is 19.3 Å². The van der Waals surface area contributed by atoms with Gasteiger partial charge >= 0.3 is 0 Å². The first-order valence-electron chi connectivity index (χ1n) is 8.48. The molecule has 1 N–H and O–H groups in total. The van der Waals surface area contributed by atoms with Crippen molar-refractivity contribution in [3.05, 3.63) is 23.8 Å². The topological polar surface area (TPSA) is 30.5 Å². The summed E-state index contributed by atoms with van der Waals surface area (Å²) in [5.41, 5.74) is -0.107. The molecule has 1 heterocycles. The zero-order valence-electron chi connectivity index (χ0n) is 16.3. The van der Waals surface area contributed by atoms with Crippen LogP contribution in [0, 0.1) is 0 Å². The molecule has 0 aromatic heterocycles. The summed E-state index contributed by atoms with van der Waals surface area (Å²) in [5.74, 6) is 0.620. The first kappa shape index (κ1) is 3.42. The van der Waals surface area contributed by atoms with Gasteiger partial charge in [-0.1, -0.05) is 6.07 Å². The summed E-state index contributed by atoms with van der Waals surface area (Å²) in [7, 11) is 0. The molecular formula is C11H15NO2. The average Bonchev–Trinajstić information content (AvgIpc) is 2.82. The molecule has 1 aliphatic rings. The number of hydrogen-bond acceptors (Lipinski definition) is 3. The summed E-state index contributed by atoms with van der Waals surface area (Å²) in [4.78, 5) is 0. The molecule has 0 bridgehead atoms. The normalized spacial score (nSPS) is 28.2. The molecule has 0 fully saturated rings. The summed E-state index contributed by atoms with van der Waals surface area (Å²) in [5, 5.41) is -0.176. The lowest BCUT2D eigenvalue weighted by Gasteiger charge is -2.09. The standard InChI is InChI=1S/C11H15NO2/c1-8(12-2)5-9-3-4-10-11(6-9)14-7-13-10/h3-4,6,8,12H,5,7H2,1-2H3/i1D3,2D3,5D2/hD. The second-order valence-electron chi connectivity index (χ2n) is 2.74. The molecule has 1 unspecified atom stereocenters. The summed E-state index contributed by atoms with van der Waals surface area (Å²) < 4.78 is 78.3. The number of nitrogens with one attached hydrogen (secondary N) is 1. The Morgan fingerprint density at radius 3 is 3.43 bits per heavy atom. The first-order chi connectivity index (χ1) is 10.3. The van der Waals surface area contributed by atoms with E-state index < -0.39 is 26.2 Å². The van der Waals surface area contributed by atoms with Gasteiger partial charge in [0.2, 0.25) is 6.79 Å². The Morgan fingerprint density at radius 2 is 2.57 bits per heavy atom. The molecule has 1 aliphatic heterocycles. The number of ether oxygens (including phenoxy) is 2. The van der Waals surface area contributed by atoms with Gasteiger partial charge in [-0.2, -0.15) is 0 Å². The van der Waals surface area contributed by atoms with Crippen molar-refractivity contribution in [3.63, 3.8) is 0 Å². The van der Waals surface area contributed by atoms with Gasteiger partial charge in [0.1, 0.15) is 1.41 Å². The van der Waals surface area contributed by atoms with Gasteiger partial charge in [-0.25, -0.2) is 0 Å². The fourth-order valence-electron chi connectivity index (χ4n) is 1.18. The Bertz CT molecular complexity index is 584. The minimum absolute atomic E-state index is 0.0374. The van der Waals surface area contributed by atoms with Crippen LogP contribution in [0.5, 0.6) is 11.5 Å². The van der Waals surface area contributed by atoms with E-state index in [1.54, 1.807) is 0 Å². The molecule has 0 saturated carbocycles. The van der Waals surface area contributed by atoms with Crippen LogP contribution < -0.4 is 14.8 Å². The van der Waals surface area contributed by atoms with E-state index in [1.807, 2.05) is 0 Å². The van der Waals surface area contributed by atoms with Gasteiger partial charge in [-0.3, -0.25) is 0 Å². The highest BCUT2D eigenvalue weighted by atomic mass is 16.7. The molecule has 0 radical (unpaired) electrons. The minimum atomic E-state index is -3.08. The maximum Gasteiger partial charge on any atom is 0.231 e. The van der Waals surface area contributed by atoms with Crippen LogP contribution >= 0.6 is 0 Å². The third-order valence-corrected chi connectivity index (χ3v) is 1.81. The SMILES string of the molecule is [2H]N(C(C([2H])([2H])[2H])C([2H])([2H])c1ccc2c(c1)OCO2)C([2H])([2H])[2H]. The molecule has 1 aromatic carbocycles. The maximum absolute atomic E-state index is 8.15. The second-order valence-corrected chi connectivity index (χ2v) is 2.74. The third kappa shape index (κ3) is 1.82. The van der Waals surface area contributed by atoms with Crippen molar-refractivity contribution in [1.82, 2.24) is 5.31 Å². The van der Waals surface area contributed by atoms with Crippen LogP contribution in [-0.2, 0) is 6.37 Å². The Balaban J connectivity index is 2.48. The van der Waals surface area contributed by atoms with Crippen LogP contribution in [0.15, 0.2) is 18.2 Å². The fraction of sp³-hybridized carbons (Fsp3) is 0.455. The van der Waals surface area contributed by atoms with Crippen LogP contribution in [0.2, 0.25) is 1.41 Å². The van der Waals surface area contributed by atoms with E-state index in [9.17, 15) is 0 Å². The minimum Gasteiger partial charge on any atom is -0.454 e. The van der Waals surface area contributed by atoms with E-state index in [4.69, 9.17) is 21.9 Å². The molecular weight excluding hydrogens is 178 g/mol. The molecule has 0 spiro atoms. The lowest BCUT2D eigenvalue weighted by atomic mass is 10.1. The van der Waals surface area contributed by atoms with E-state index in [0.29, 0.717) is 5.75 Å². The molecule has 76 valence electrons. The summed E-state index contributed by atoms with van der Waals surface area (Å²) in [6.45, 7) is -6.15. The van der Waals surface area contributed by atoms with Gasteiger partial charge < -0.3 is 14.8 Å². The van der Waals surface area contributed by atoms with E-state index in [2.05, 4.69) is 0 Å². The summed E-state index contributed by atoms with van der Waals surface area (Å²) >= 11 is 0. The third-order valence-electron chi connectivity index (χ3n) is 1.81. The van der Waals surface area contributed by atoms with Gasteiger partial charge in [0.25, 0.3) is 0 Å². The molecule has 3 nitrogen and oxygen atoms in total. The zero-order chi connectivity index (χ0) is 17.6. The van der Waals surface area contributed by atoms with E-state index in [-0.39, 0.29) is 23.4 Å². The quantitative estimate of drug-likeness (QED) is 0.807. The molecule has 1 atom stereocenters. The maximum atomic E-state index is 8.15. The van der Waals surface area contributed by atoms with Gasteiger partial charge in [-0.15, -0.1) is 0 Å². The van der Waals surface area contributed by atoms with Gasteiger partial charge in [-0.05, 0) is 37.9 Å². The number of fused-ring (bicyclic) bond motifs is 1. The number of hydrogen-bond donors (Lipinski definition) is 1. The Kier molecular flexibility index (Phi) is 0.947. The van der Waals surface area contributed by atoms with Gasteiger partial charge in [0, 0.05) is 17.0 Å². The highest BCUT2D eigenvalue weighted by molar-refractivity contribution is 5.44. The lowest BCUT2D eigenvalue weighted by Crippen LogP contribution is -2.23. The second kappa shape index (κ2) is 3.88. The highest BCUT2D eigenvalue weighted by Gasteiger charge is 2.13. The first-order valence-corrected chi connectivity index (χ1v) is 4.03. The van der Waals surface area contributed by atoms with Gasteiger partial charge in [0.05, 0.1) is 0 Å². The van der Waals surface area contributed by atoms with Crippen molar-refractivity contribution in [2.24, 2.45) is 0 Å². The molecule has 0 amide bonds. The zero-order valence-corrected chi connectivity index (χ0v) is 7.28. The Labute approximate surface area is 96.7 Å². The summed E-state index contributed by atoms with van der Waals surface area (Å²) in [6, 6.07) is 1.77. The van der Waals surface area contributed by atoms with E-state index in [1.165, 1.54) is 18.2 Å². The van der Waals surface area contributed by atoms with Crippen LogP contribution in [-0.4, -0.2) is 19.8 Å². The van der Waals surface area contributed by atoms with Crippen LogP contribution in [0.1, 0.15) is 23.4 Å². The Morgan fingerprint density at radius 1 is 1.64 bits per heavy atom. The predicted octanol–water partition coefficient (Wildman–Crippen LogP) is 1.57. The largest absolute Gasteiger partial charge is 0.454 e.